The van der Waals surface area contributed by atoms with E-state index < -0.39 is 0 Å². The molecule has 0 radical (unpaired) electrons. The third-order valence-corrected chi connectivity index (χ3v) is 3.96. The van der Waals surface area contributed by atoms with Crippen LogP contribution >= 0.6 is 31.9 Å². The number of hydrogen-bond acceptors (Lipinski definition) is 1. The van der Waals surface area contributed by atoms with E-state index in [0.717, 1.165) is 17.8 Å². The maximum atomic E-state index is 3.52. The van der Waals surface area contributed by atoms with Gasteiger partial charge in [-0.25, -0.2) is 0 Å². The SMILES string of the molecule is BrCC1CN(Cc2cccc(Br)c2)C1. The molecule has 0 amide bonds. The predicted octanol–water partition coefficient (Wildman–Crippen LogP) is 3.28. The zero-order valence-corrected chi connectivity index (χ0v) is 11.1. The highest BCUT2D eigenvalue weighted by Gasteiger charge is 2.24. The maximum absolute atomic E-state index is 3.52. The monoisotopic (exact) mass is 317 g/mol. The second-order valence-electron chi connectivity index (χ2n) is 3.84. The molecule has 0 unspecified atom stereocenters. The van der Waals surface area contributed by atoms with Crippen LogP contribution in [-0.4, -0.2) is 23.3 Å². The highest BCUT2D eigenvalue weighted by molar-refractivity contribution is 9.10. The lowest BCUT2D eigenvalue weighted by Crippen LogP contribution is -2.46. The molecule has 1 aromatic rings. The molecular weight excluding hydrogens is 306 g/mol. The molecule has 0 N–H and O–H groups in total. The van der Waals surface area contributed by atoms with Crippen LogP contribution in [0, 0.1) is 5.92 Å². The fourth-order valence-corrected chi connectivity index (χ4v) is 2.65. The third kappa shape index (κ3) is 2.59. The Hall–Kier alpha value is 0.140. The number of benzene rings is 1. The number of alkyl halides is 1. The van der Waals surface area contributed by atoms with E-state index in [1.165, 1.54) is 23.1 Å². The molecule has 76 valence electrons. The van der Waals surface area contributed by atoms with E-state index in [2.05, 4.69) is 61.0 Å². The first-order valence-electron chi connectivity index (χ1n) is 4.80. The van der Waals surface area contributed by atoms with Crippen molar-refractivity contribution in [2.75, 3.05) is 18.4 Å². The summed E-state index contributed by atoms with van der Waals surface area (Å²) in [6.45, 7) is 3.55. The Morgan fingerprint density at radius 1 is 1.36 bits per heavy atom. The molecule has 1 aromatic carbocycles. The van der Waals surface area contributed by atoms with E-state index in [0.29, 0.717) is 0 Å². The first kappa shape index (κ1) is 10.7. The highest BCUT2D eigenvalue weighted by Crippen LogP contribution is 2.21. The summed E-state index contributed by atoms with van der Waals surface area (Å²) in [5, 5.41) is 1.14. The van der Waals surface area contributed by atoms with E-state index in [1.54, 1.807) is 0 Å². The molecular formula is C11H13Br2N. The topological polar surface area (TPSA) is 3.24 Å². The van der Waals surface area contributed by atoms with Crippen LogP contribution in [0.2, 0.25) is 0 Å². The van der Waals surface area contributed by atoms with Crippen LogP contribution in [0.3, 0.4) is 0 Å². The predicted molar refractivity (Wildman–Crippen MR) is 66.7 cm³/mol. The van der Waals surface area contributed by atoms with E-state index in [1.807, 2.05) is 0 Å². The largest absolute Gasteiger partial charge is 0.298 e. The van der Waals surface area contributed by atoms with Gasteiger partial charge in [-0.2, -0.15) is 0 Å². The van der Waals surface area contributed by atoms with Gasteiger partial charge in [0.25, 0.3) is 0 Å². The number of halogens is 2. The molecule has 1 aliphatic heterocycles. The van der Waals surface area contributed by atoms with E-state index in [4.69, 9.17) is 0 Å². The summed E-state index contributed by atoms with van der Waals surface area (Å²) in [5.74, 6) is 0.863. The average molecular weight is 319 g/mol. The Balaban J connectivity index is 1.87. The van der Waals surface area contributed by atoms with Gasteiger partial charge in [0.15, 0.2) is 0 Å². The van der Waals surface area contributed by atoms with Gasteiger partial charge in [-0.05, 0) is 23.6 Å². The second kappa shape index (κ2) is 4.77. The Morgan fingerprint density at radius 2 is 2.14 bits per heavy atom. The number of rotatable bonds is 3. The molecule has 2 rings (SSSR count). The van der Waals surface area contributed by atoms with Crippen LogP contribution in [0.1, 0.15) is 5.56 Å². The van der Waals surface area contributed by atoms with E-state index in [9.17, 15) is 0 Å². The molecule has 1 nitrogen and oxygen atoms in total. The molecule has 1 heterocycles. The van der Waals surface area contributed by atoms with Crippen LogP contribution < -0.4 is 0 Å². The number of hydrogen-bond donors (Lipinski definition) is 0. The smallest absolute Gasteiger partial charge is 0.0234 e. The number of nitrogens with zero attached hydrogens (tertiary/aromatic N) is 1. The van der Waals surface area contributed by atoms with Crippen molar-refractivity contribution >= 4 is 31.9 Å². The van der Waals surface area contributed by atoms with Crippen LogP contribution in [0.4, 0.5) is 0 Å². The first-order valence-corrected chi connectivity index (χ1v) is 6.72. The van der Waals surface area contributed by atoms with Crippen LogP contribution in [0.15, 0.2) is 28.7 Å². The molecule has 0 atom stereocenters. The van der Waals surface area contributed by atoms with Gasteiger partial charge in [0, 0.05) is 29.4 Å². The van der Waals surface area contributed by atoms with Crippen LogP contribution in [0.5, 0.6) is 0 Å². The minimum atomic E-state index is 0.863. The Kier molecular flexibility index (Phi) is 3.63. The standard InChI is InChI=1S/C11H13Br2N/c12-5-10-7-14(8-10)6-9-2-1-3-11(13)4-9/h1-4,10H,5-8H2. The van der Waals surface area contributed by atoms with Crippen molar-refractivity contribution in [1.82, 2.24) is 4.90 Å². The van der Waals surface area contributed by atoms with Crippen molar-refractivity contribution in [3.05, 3.63) is 34.3 Å². The van der Waals surface area contributed by atoms with Gasteiger partial charge in [0.2, 0.25) is 0 Å². The Bertz CT molecular complexity index is 308. The minimum Gasteiger partial charge on any atom is -0.298 e. The zero-order chi connectivity index (χ0) is 9.97. The molecule has 14 heavy (non-hydrogen) atoms. The Morgan fingerprint density at radius 3 is 2.79 bits per heavy atom. The van der Waals surface area contributed by atoms with Crippen molar-refractivity contribution in [2.24, 2.45) is 5.92 Å². The lowest BCUT2D eigenvalue weighted by molar-refractivity contribution is 0.108. The maximum Gasteiger partial charge on any atom is 0.0234 e. The molecule has 0 spiro atoms. The lowest BCUT2D eigenvalue weighted by atomic mass is 10.0. The highest BCUT2D eigenvalue weighted by atomic mass is 79.9. The van der Waals surface area contributed by atoms with Gasteiger partial charge in [-0.3, -0.25) is 4.90 Å². The zero-order valence-electron chi connectivity index (χ0n) is 7.92. The van der Waals surface area contributed by atoms with E-state index in [-0.39, 0.29) is 0 Å². The normalized spacial score (nSPS) is 18.1. The summed E-state index contributed by atoms with van der Waals surface area (Å²) in [6, 6.07) is 8.55. The van der Waals surface area contributed by atoms with Gasteiger partial charge in [-0.1, -0.05) is 44.0 Å². The summed E-state index contributed by atoms with van der Waals surface area (Å²) in [7, 11) is 0. The fourth-order valence-electron chi connectivity index (χ4n) is 1.80. The fraction of sp³-hybridized carbons (Fsp3) is 0.455. The molecule has 0 aliphatic carbocycles. The van der Waals surface area contributed by atoms with Gasteiger partial charge >= 0.3 is 0 Å². The van der Waals surface area contributed by atoms with Crippen LogP contribution in [0.25, 0.3) is 0 Å². The summed E-state index contributed by atoms with van der Waals surface area (Å²) in [5.41, 5.74) is 1.40. The van der Waals surface area contributed by atoms with Crippen molar-refractivity contribution < 1.29 is 0 Å². The molecule has 1 fully saturated rings. The van der Waals surface area contributed by atoms with Gasteiger partial charge in [0.05, 0.1) is 0 Å². The van der Waals surface area contributed by atoms with Crippen molar-refractivity contribution in [2.45, 2.75) is 6.54 Å². The van der Waals surface area contributed by atoms with Gasteiger partial charge < -0.3 is 0 Å². The van der Waals surface area contributed by atoms with Gasteiger partial charge in [0.1, 0.15) is 0 Å². The Labute approximate surface area is 102 Å². The quantitative estimate of drug-likeness (QED) is 0.773. The molecule has 0 bridgehead atoms. The summed E-state index contributed by atoms with van der Waals surface area (Å²) in [4.78, 5) is 2.48. The molecule has 0 aromatic heterocycles. The second-order valence-corrected chi connectivity index (χ2v) is 5.41. The van der Waals surface area contributed by atoms with Crippen molar-refractivity contribution in [3.8, 4) is 0 Å². The summed E-state index contributed by atoms with van der Waals surface area (Å²) in [6.07, 6.45) is 0. The van der Waals surface area contributed by atoms with Gasteiger partial charge in [-0.15, -0.1) is 0 Å². The summed E-state index contributed by atoms with van der Waals surface area (Å²) < 4.78 is 1.17. The molecule has 1 saturated heterocycles. The van der Waals surface area contributed by atoms with Crippen molar-refractivity contribution in [3.63, 3.8) is 0 Å². The van der Waals surface area contributed by atoms with Crippen molar-refractivity contribution in [1.29, 1.82) is 0 Å². The third-order valence-electron chi connectivity index (χ3n) is 2.55. The summed E-state index contributed by atoms with van der Waals surface area (Å²) >= 11 is 7.01. The number of likely N-dealkylation sites (tertiary alicyclic amines) is 1. The molecule has 3 heteroatoms. The van der Waals surface area contributed by atoms with Crippen LogP contribution in [-0.2, 0) is 6.54 Å². The molecule has 1 aliphatic rings. The lowest BCUT2D eigenvalue weighted by Gasteiger charge is -2.38. The molecule has 0 saturated carbocycles. The first-order chi connectivity index (χ1) is 6.78. The average Bonchev–Trinajstić information content (AvgIpc) is 2.10. The van der Waals surface area contributed by atoms with E-state index >= 15 is 0 Å². The minimum absolute atomic E-state index is 0.863.